The maximum atomic E-state index is 14.3. The van der Waals surface area contributed by atoms with Gasteiger partial charge in [0.1, 0.15) is 11.6 Å². The lowest BCUT2D eigenvalue weighted by Crippen LogP contribution is -1.93. The molecule has 0 aliphatic heterocycles. The van der Waals surface area contributed by atoms with Crippen molar-refractivity contribution in [3.63, 3.8) is 0 Å². The first kappa shape index (κ1) is 19.1. The fourth-order valence-electron chi connectivity index (χ4n) is 1.87. The van der Waals surface area contributed by atoms with Gasteiger partial charge in [-0.1, -0.05) is 25.3 Å². The Bertz CT molecular complexity index is 858. The molecule has 2 aromatic rings. The first-order chi connectivity index (χ1) is 11.8. The van der Waals surface area contributed by atoms with Crippen LogP contribution in [0.25, 0.3) is 11.1 Å². The van der Waals surface area contributed by atoms with Crippen LogP contribution >= 0.6 is 23.5 Å². The van der Waals surface area contributed by atoms with E-state index in [1.54, 1.807) is 31.2 Å². The van der Waals surface area contributed by atoms with E-state index in [9.17, 15) is 18.4 Å². The monoisotopic (exact) mass is 376 g/mol. The summed E-state index contributed by atoms with van der Waals surface area (Å²) in [6, 6.07) is 8.56. The summed E-state index contributed by atoms with van der Waals surface area (Å²) in [7, 11) is 0. The molecule has 0 fully saturated rings. The quantitative estimate of drug-likeness (QED) is 0.500. The third-order valence-electron chi connectivity index (χ3n) is 3.12. The van der Waals surface area contributed by atoms with Crippen LogP contribution in [0.4, 0.5) is 8.78 Å². The summed E-state index contributed by atoms with van der Waals surface area (Å²) in [5, 5.41) is -0.618. The van der Waals surface area contributed by atoms with Gasteiger partial charge in [0.05, 0.1) is 4.90 Å². The van der Waals surface area contributed by atoms with Gasteiger partial charge in [-0.3, -0.25) is 9.59 Å². The van der Waals surface area contributed by atoms with Crippen LogP contribution in [-0.2, 0) is 9.59 Å². The highest BCUT2D eigenvalue weighted by Gasteiger charge is 2.14. The van der Waals surface area contributed by atoms with Gasteiger partial charge in [-0.25, -0.2) is 8.78 Å². The van der Waals surface area contributed by atoms with E-state index >= 15 is 0 Å². The molecular formula is C19H14F2O2S2. The summed E-state index contributed by atoms with van der Waals surface area (Å²) < 4.78 is 28.4. The SMILES string of the molecule is C=CC(=O)Sc1cc(F)c(-c2ccc(SC(=O)C(=C)C)cc2)cc1F. The molecule has 25 heavy (non-hydrogen) atoms. The fourth-order valence-corrected chi connectivity index (χ4v) is 3.15. The molecule has 0 amide bonds. The van der Waals surface area contributed by atoms with Gasteiger partial charge in [-0.2, -0.15) is 0 Å². The van der Waals surface area contributed by atoms with Crippen LogP contribution in [0.3, 0.4) is 0 Å². The Hall–Kier alpha value is -2.18. The Kier molecular flexibility index (Phi) is 6.33. The summed E-state index contributed by atoms with van der Waals surface area (Å²) in [5.41, 5.74) is 0.982. The first-order valence-electron chi connectivity index (χ1n) is 7.13. The van der Waals surface area contributed by atoms with Gasteiger partial charge in [0.15, 0.2) is 0 Å². The Morgan fingerprint density at radius 2 is 1.68 bits per heavy atom. The molecule has 2 nitrogen and oxygen atoms in total. The van der Waals surface area contributed by atoms with E-state index in [1.165, 1.54) is 0 Å². The van der Waals surface area contributed by atoms with Gasteiger partial charge >= 0.3 is 0 Å². The van der Waals surface area contributed by atoms with E-state index in [-0.39, 0.29) is 15.6 Å². The van der Waals surface area contributed by atoms with Crippen LogP contribution in [-0.4, -0.2) is 10.2 Å². The molecule has 0 aliphatic rings. The minimum atomic E-state index is -0.687. The zero-order chi connectivity index (χ0) is 18.6. The van der Waals surface area contributed by atoms with Gasteiger partial charge < -0.3 is 0 Å². The van der Waals surface area contributed by atoms with Crippen molar-refractivity contribution >= 4 is 33.8 Å². The van der Waals surface area contributed by atoms with Crippen LogP contribution in [0.5, 0.6) is 0 Å². The summed E-state index contributed by atoms with van der Waals surface area (Å²) >= 11 is 1.60. The van der Waals surface area contributed by atoms with E-state index in [0.29, 0.717) is 27.8 Å². The topological polar surface area (TPSA) is 34.1 Å². The highest BCUT2D eigenvalue weighted by molar-refractivity contribution is 8.14. The zero-order valence-corrected chi connectivity index (χ0v) is 15.0. The minimum Gasteiger partial charge on any atom is -0.282 e. The molecule has 0 spiro atoms. The smallest absolute Gasteiger partial charge is 0.219 e. The molecule has 0 aliphatic carbocycles. The van der Waals surface area contributed by atoms with Gasteiger partial charge in [0, 0.05) is 10.5 Å². The maximum absolute atomic E-state index is 14.3. The van der Waals surface area contributed by atoms with E-state index in [2.05, 4.69) is 13.2 Å². The van der Waals surface area contributed by atoms with Crippen molar-refractivity contribution < 1.29 is 18.4 Å². The van der Waals surface area contributed by atoms with Crippen molar-refractivity contribution in [1.29, 1.82) is 0 Å². The fraction of sp³-hybridized carbons (Fsp3) is 0.0526. The Balaban J connectivity index is 2.28. The highest BCUT2D eigenvalue weighted by atomic mass is 32.2. The predicted molar refractivity (Wildman–Crippen MR) is 98.5 cm³/mol. The van der Waals surface area contributed by atoms with Crippen LogP contribution in [0.15, 0.2) is 71.0 Å². The standard InChI is InChI=1S/C19H14F2O2S2/c1-4-18(22)25-17-10-15(20)14(9-16(17)21)12-5-7-13(8-6-12)24-19(23)11(2)3/h4-10H,1-2H2,3H3. The summed E-state index contributed by atoms with van der Waals surface area (Å²) in [6.07, 6.45) is 1.04. The average Bonchev–Trinajstić information content (AvgIpc) is 2.58. The number of benzene rings is 2. The minimum absolute atomic E-state index is 0.0793. The van der Waals surface area contributed by atoms with Gasteiger partial charge in [0.2, 0.25) is 10.2 Å². The molecule has 128 valence electrons. The van der Waals surface area contributed by atoms with Gasteiger partial charge in [-0.05, 0) is 71.9 Å². The molecule has 6 heteroatoms. The number of halogens is 2. The third kappa shape index (κ3) is 4.90. The molecule has 2 aromatic carbocycles. The zero-order valence-electron chi connectivity index (χ0n) is 13.3. The van der Waals surface area contributed by atoms with Crippen molar-refractivity contribution in [2.75, 3.05) is 0 Å². The van der Waals surface area contributed by atoms with E-state index in [1.807, 2.05) is 0 Å². The van der Waals surface area contributed by atoms with Crippen LogP contribution < -0.4 is 0 Å². The molecule has 0 atom stereocenters. The van der Waals surface area contributed by atoms with Crippen molar-refractivity contribution in [3.8, 4) is 11.1 Å². The van der Waals surface area contributed by atoms with Crippen LogP contribution in [0.1, 0.15) is 6.92 Å². The van der Waals surface area contributed by atoms with E-state index < -0.39 is 16.7 Å². The highest BCUT2D eigenvalue weighted by Crippen LogP contribution is 2.32. The Morgan fingerprint density at radius 1 is 1.04 bits per heavy atom. The lowest BCUT2D eigenvalue weighted by atomic mass is 10.1. The molecular weight excluding hydrogens is 362 g/mol. The Morgan fingerprint density at radius 3 is 2.24 bits per heavy atom. The third-order valence-corrected chi connectivity index (χ3v) is 5.07. The van der Waals surface area contributed by atoms with Crippen molar-refractivity contribution in [3.05, 3.63) is 72.8 Å². The van der Waals surface area contributed by atoms with E-state index in [0.717, 1.165) is 30.0 Å². The van der Waals surface area contributed by atoms with Crippen molar-refractivity contribution in [2.45, 2.75) is 16.7 Å². The van der Waals surface area contributed by atoms with Crippen LogP contribution in [0, 0.1) is 11.6 Å². The average molecular weight is 376 g/mol. The number of hydrogen-bond donors (Lipinski definition) is 0. The first-order valence-corrected chi connectivity index (χ1v) is 8.76. The van der Waals surface area contributed by atoms with Gasteiger partial charge in [0.25, 0.3) is 0 Å². The molecule has 0 saturated heterocycles. The van der Waals surface area contributed by atoms with Gasteiger partial charge in [-0.15, -0.1) is 0 Å². The number of thioether (sulfide) groups is 2. The second-order valence-corrected chi connectivity index (χ2v) is 7.17. The number of carbonyl (C=O) groups is 2. The molecule has 0 unspecified atom stereocenters. The normalized spacial score (nSPS) is 10.4. The molecule has 0 radical (unpaired) electrons. The molecule has 0 saturated carbocycles. The molecule has 2 rings (SSSR count). The number of rotatable bonds is 5. The second kappa shape index (κ2) is 8.27. The second-order valence-electron chi connectivity index (χ2n) is 5.08. The van der Waals surface area contributed by atoms with Crippen LogP contribution in [0.2, 0.25) is 0 Å². The lowest BCUT2D eigenvalue weighted by molar-refractivity contribution is -0.108. The summed E-state index contributed by atoms with van der Waals surface area (Å²) in [6.45, 7) is 8.50. The number of carbonyl (C=O) groups excluding carboxylic acids is 2. The number of hydrogen-bond acceptors (Lipinski definition) is 4. The maximum Gasteiger partial charge on any atom is 0.219 e. The Labute approximate surface area is 153 Å². The van der Waals surface area contributed by atoms with Crippen molar-refractivity contribution in [1.82, 2.24) is 0 Å². The van der Waals surface area contributed by atoms with Crippen molar-refractivity contribution in [2.24, 2.45) is 0 Å². The molecule has 0 N–H and O–H groups in total. The largest absolute Gasteiger partial charge is 0.282 e. The molecule has 0 heterocycles. The molecule has 0 aromatic heterocycles. The lowest BCUT2D eigenvalue weighted by Gasteiger charge is -2.08. The van der Waals surface area contributed by atoms with E-state index in [4.69, 9.17) is 0 Å². The summed E-state index contributed by atoms with van der Waals surface area (Å²) in [4.78, 5) is 23.5. The molecule has 0 bridgehead atoms. The predicted octanol–water partition coefficient (Wildman–Crippen LogP) is 5.63. The summed E-state index contributed by atoms with van der Waals surface area (Å²) in [5.74, 6) is -1.33.